The largest absolute Gasteiger partial charge is 0.481 e. The van der Waals surface area contributed by atoms with Crippen molar-refractivity contribution in [2.24, 2.45) is 5.92 Å². The van der Waals surface area contributed by atoms with Gasteiger partial charge in [0, 0.05) is 29.6 Å². The summed E-state index contributed by atoms with van der Waals surface area (Å²) in [5, 5.41) is 12.1. The Kier molecular flexibility index (Phi) is 6.46. The number of ether oxygens (including phenoxy) is 1. The molecule has 144 valence electrons. The first-order valence-electron chi connectivity index (χ1n) is 8.77. The van der Waals surface area contributed by atoms with Crippen LogP contribution in [0.3, 0.4) is 0 Å². The van der Waals surface area contributed by atoms with Crippen molar-refractivity contribution < 1.29 is 19.4 Å². The van der Waals surface area contributed by atoms with E-state index in [0.717, 1.165) is 18.4 Å². The first-order chi connectivity index (χ1) is 13.0. The Morgan fingerprint density at radius 3 is 2.89 bits per heavy atom. The van der Waals surface area contributed by atoms with Crippen molar-refractivity contribution in [3.63, 3.8) is 0 Å². The van der Waals surface area contributed by atoms with E-state index in [2.05, 4.69) is 4.98 Å². The monoisotopic (exact) mass is 408 g/mol. The number of benzene rings is 1. The highest BCUT2D eigenvalue weighted by Gasteiger charge is 2.31. The molecule has 1 fully saturated rings. The number of hydrogen-bond donors (Lipinski definition) is 1. The summed E-state index contributed by atoms with van der Waals surface area (Å²) >= 11 is 7.54. The molecule has 1 aliphatic heterocycles. The van der Waals surface area contributed by atoms with E-state index in [4.69, 9.17) is 16.3 Å². The van der Waals surface area contributed by atoms with Crippen molar-refractivity contribution in [3.8, 4) is 11.3 Å². The number of carbonyl (C=O) groups is 2. The summed E-state index contributed by atoms with van der Waals surface area (Å²) in [5.74, 6) is -1.88. The van der Waals surface area contributed by atoms with Crippen molar-refractivity contribution in [1.29, 1.82) is 0 Å². The molecule has 27 heavy (non-hydrogen) atoms. The summed E-state index contributed by atoms with van der Waals surface area (Å²) in [4.78, 5) is 30.1. The number of carbonyl (C=O) groups excluding carboxylic acids is 1. The Hall–Kier alpha value is -1.96. The summed E-state index contributed by atoms with van der Waals surface area (Å²) in [5.41, 5.74) is 1.48. The van der Waals surface area contributed by atoms with Gasteiger partial charge in [-0.1, -0.05) is 29.8 Å². The van der Waals surface area contributed by atoms with E-state index in [1.54, 1.807) is 13.1 Å². The fraction of sp³-hybridized carbons (Fsp3) is 0.421. The number of anilines is 1. The van der Waals surface area contributed by atoms with E-state index >= 15 is 0 Å². The van der Waals surface area contributed by atoms with Crippen LogP contribution in [0.15, 0.2) is 29.6 Å². The van der Waals surface area contributed by atoms with Crippen LogP contribution in [0.5, 0.6) is 0 Å². The molecule has 0 saturated carbocycles. The van der Waals surface area contributed by atoms with Crippen molar-refractivity contribution in [2.45, 2.75) is 31.8 Å². The number of aliphatic carboxylic acids is 1. The highest BCUT2D eigenvalue weighted by molar-refractivity contribution is 7.14. The standard InChI is InChI=1S/C19H21ClN2O4S/c1-22(18(25)12(10-17(23)24)9-13-5-4-8-26-13)19-21-16(11-27-19)14-6-2-3-7-15(14)20/h2-3,6-7,11-13H,4-5,8-10H2,1H3,(H,23,24)/t12?,13-/m0/s1. The van der Waals surface area contributed by atoms with Crippen LogP contribution in [0.2, 0.25) is 5.02 Å². The fourth-order valence-corrected chi connectivity index (χ4v) is 4.24. The van der Waals surface area contributed by atoms with Crippen LogP contribution in [0.25, 0.3) is 11.3 Å². The summed E-state index contributed by atoms with van der Waals surface area (Å²) in [6, 6.07) is 7.37. The highest BCUT2D eigenvalue weighted by Crippen LogP contribution is 2.32. The van der Waals surface area contributed by atoms with Crippen LogP contribution in [-0.4, -0.2) is 41.7 Å². The lowest BCUT2D eigenvalue weighted by Gasteiger charge is -2.23. The molecule has 1 unspecified atom stereocenters. The maximum Gasteiger partial charge on any atom is 0.304 e. The molecule has 1 amide bonds. The third-order valence-electron chi connectivity index (χ3n) is 4.60. The molecule has 2 atom stereocenters. The van der Waals surface area contributed by atoms with Gasteiger partial charge < -0.3 is 9.84 Å². The zero-order valence-corrected chi connectivity index (χ0v) is 16.5. The first kappa shape index (κ1) is 19.8. The van der Waals surface area contributed by atoms with Crippen molar-refractivity contribution in [2.75, 3.05) is 18.6 Å². The van der Waals surface area contributed by atoms with Gasteiger partial charge in [-0.3, -0.25) is 14.5 Å². The molecular formula is C19H21ClN2O4S. The van der Waals surface area contributed by atoms with Gasteiger partial charge in [-0.25, -0.2) is 4.98 Å². The summed E-state index contributed by atoms with van der Waals surface area (Å²) < 4.78 is 5.58. The number of nitrogens with zero attached hydrogens (tertiary/aromatic N) is 2. The molecule has 1 aromatic carbocycles. The van der Waals surface area contributed by atoms with Gasteiger partial charge in [0.2, 0.25) is 5.91 Å². The molecule has 0 aliphatic carbocycles. The Labute approximate surface area is 166 Å². The minimum Gasteiger partial charge on any atom is -0.481 e. The van der Waals surface area contributed by atoms with Crippen molar-refractivity contribution >= 4 is 39.9 Å². The molecule has 2 heterocycles. The second kappa shape index (κ2) is 8.82. The highest BCUT2D eigenvalue weighted by atomic mass is 35.5. The molecule has 1 aromatic heterocycles. The van der Waals surface area contributed by atoms with Gasteiger partial charge in [-0.15, -0.1) is 11.3 Å². The average molecular weight is 409 g/mol. The van der Waals surface area contributed by atoms with E-state index in [1.807, 2.05) is 23.6 Å². The molecule has 1 aliphatic rings. The number of amides is 1. The number of hydrogen-bond acceptors (Lipinski definition) is 5. The zero-order chi connectivity index (χ0) is 19.4. The molecule has 2 aromatic rings. The molecule has 1 saturated heterocycles. The van der Waals surface area contributed by atoms with Crippen molar-refractivity contribution in [3.05, 3.63) is 34.7 Å². The molecule has 1 N–H and O–H groups in total. The van der Waals surface area contributed by atoms with Gasteiger partial charge in [0.05, 0.1) is 24.1 Å². The number of halogens is 1. The number of carboxylic acid groups (broad SMARTS) is 1. The molecule has 6 nitrogen and oxygen atoms in total. The maximum absolute atomic E-state index is 12.9. The van der Waals surface area contributed by atoms with Crippen molar-refractivity contribution in [1.82, 2.24) is 4.98 Å². The molecule has 0 radical (unpaired) electrons. The topological polar surface area (TPSA) is 79.7 Å². The Balaban J connectivity index is 1.76. The SMILES string of the molecule is CN(C(=O)C(CC(=O)O)C[C@@H]1CCCO1)c1nc(-c2ccccc2Cl)cs1. The molecule has 8 heteroatoms. The van der Waals surface area contributed by atoms with Crippen LogP contribution in [0.4, 0.5) is 5.13 Å². The van der Waals surface area contributed by atoms with E-state index < -0.39 is 11.9 Å². The molecule has 0 bridgehead atoms. The number of rotatable bonds is 7. The zero-order valence-electron chi connectivity index (χ0n) is 14.9. The van der Waals surface area contributed by atoms with E-state index in [0.29, 0.717) is 28.9 Å². The van der Waals surface area contributed by atoms with Crippen LogP contribution in [-0.2, 0) is 14.3 Å². The van der Waals surface area contributed by atoms with E-state index in [1.165, 1.54) is 16.2 Å². The van der Waals surface area contributed by atoms with Gasteiger partial charge in [-0.05, 0) is 25.3 Å². The first-order valence-corrected chi connectivity index (χ1v) is 10.0. The van der Waals surface area contributed by atoms with Gasteiger partial charge in [0.15, 0.2) is 5.13 Å². The molecule has 3 rings (SSSR count). The van der Waals surface area contributed by atoms with Gasteiger partial charge in [0.25, 0.3) is 0 Å². The Morgan fingerprint density at radius 1 is 1.44 bits per heavy atom. The van der Waals surface area contributed by atoms with E-state index in [-0.39, 0.29) is 18.4 Å². The van der Waals surface area contributed by atoms with Crippen LogP contribution in [0.1, 0.15) is 25.7 Å². The summed E-state index contributed by atoms with van der Waals surface area (Å²) in [6.07, 6.45) is 1.95. The van der Waals surface area contributed by atoms with E-state index in [9.17, 15) is 14.7 Å². The predicted octanol–water partition coefficient (Wildman–Crippen LogP) is 4.09. The van der Waals surface area contributed by atoms with Gasteiger partial charge in [0.1, 0.15) is 0 Å². The van der Waals surface area contributed by atoms with Gasteiger partial charge in [-0.2, -0.15) is 0 Å². The minimum atomic E-state index is -0.990. The third kappa shape index (κ3) is 4.86. The number of thiazole rings is 1. The molecule has 0 spiro atoms. The minimum absolute atomic E-state index is 0.0540. The lowest BCUT2D eigenvalue weighted by atomic mass is 9.95. The smallest absolute Gasteiger partial charge is 0.304 e. The fourth-order valence-electron chi connectivity index (χ4n) is 3.21. The average Bonchev–Trinajstić information content (AvgIpc) is 3.32. The Bertz CT molecular complexity index is 820. The van der Waals surface area contributed by atoms with Crippen LogP contribution < -0.4 is 4.90 Å². The van der Waals surface area contributed by atoms with Gasteiger partial charge >= 0.3 is 5.97 Å². The summed E-state index contributed by atoms with van der Waals surface area (Å²) in [6.45, 7) is 0.669. The summed E-state index contributed by atoms with van der Waals surface area (Å²) in [7, 11) is 1.63. The normalized spacial score (nSPS) is 17.6. The molecular weight excluding hydrogens is 388 g/mol. The number of carboxylic acids is 1. The lowest BCUT2D eigenvalue weighted by molar-refractivity contribution is -0.141. The maximum atomic E-state index is 12.9. The quantitative estimate of drug-likeness (QED) is 0.746. The second-order valence-corrected chi connectivity index (χ2v) is 7.80. The predicted molar refractivity (Wildman–Crippen MR) is 105 cm³/mol. The van der Waals surface area contributed by atoms with Crippen LogP contribution in [0, 0.1) is 5.92 Å². The lowest BCUT2D eigenvalue weighted by Crippen LogP contribution is -2.35. The second-order valence-electron chi connectivity index (χ2n) is 6.56. The number of aromatic nitrogens is 1. The third-order valence-corrected chi connectivity index (χ3v) is 5.85. The van der Waals surface area contributed by atoms with Crippen LogP contribution >= 0.6 is 22.9 Å². The Morgan fingerprint density at radius 2 is 2.22 bits per heavy atom.